The van der Waals surface area contributed by atoms with Crippen LogP contribution in [-0.2, 0) is 11.8 Å². The van der Waals surface area contributed by atoms with E-state index in [9.17, 15) is 4.79 Å². The first-order valence-corrected chi connectivity index (χ1v) is 7.45. The summed E-state index contributed by atoms with van der Waals surface area (Å²) in [7, 11) is 3.23. The average molecular weight is 321 g/mol. The topological polar surface area (TPSA) is 85.7 Å². The molecule has 0 saturated carbocycles. The summed E-state index contributed by atoms with van der Waals surface area (Å²) in [5.41, 5.74) is 5.82. The van der Waals surface area contributed by atoms with Crippen molar-refractivity contribution in [2.75, 3.05) is 7.11 Å². The van der Waals surface area contributed by atoms with E-state index in [0.717, 1.165) is 38.9 Å². The van der Waals surface area contributed by atoms with Gasteiger partial charge in [0.05, 0.1) is 35.1 Å². The van der Waals surface area contributed by atoms with Crippen molar-refractivity contribution in [3.8, 4) is 11.3 Å². The molecule has 3 heterocycles. The lowest BCUT2D eigenvalue weighted by Gasteiger charge is -2.03. The lowest BCUT2D eigenvalue weighted by molar-refractivity contribution is 0.0601. The number of carbonyl (C=O) groups is 1. The molecule has 0 fully saturated rings. The standard InChI is InChI=1S/C17H15N5O2/c1-9-16(22(2)21-20-9)12-6-7-18-14-11-5-4-10(17(23)24-3)8-13(11)19-15(12)14/h4-8,19H,1-3H3. The number of nitrogens with zero attached hydrogens (tertiary/aromatic N) is 4. The van der Waals surface area contributed by atoms with Crippen LogP contribution < -0.4 is 0 Å². The van der Waals surface area contributed by atoms with Gasteiger partial charge in [-0.25, -0.2) is 9.48 Å². The first kappa shape index (κ1) is 14.4. The molecule has 0 saturated heterocycles. The molecule has 0 atom stereocenters. The Kier molecular flexibility index (Phi) is 3.09. The second kappa shape index (κ2) is 5.16. The predicted molar refractivity (Wildman–Crippen MR) is 89.7 cm³/mol. The smallest absolute Gasteiger partial charge is 0.337 e. The minimum atomic E-state index is -0.365. The van der Waals surface area contributed by atoms with Gasteiger partial charge in [0.1, 0.15) is 0 Å². The number of esters is 1. The van der Waals surface area contributed by atoms with Gasteiger partial charge in [0.25, 0.3) is 0 Å². The van der Waals surface area contributed by atoms with E-state index in [4.69, 9.17) is 4.74 Å². The second-order valence-corrected chi connectivity index (χ2v) is 5.61. The molecule has 0 spiro atoms. The Labute approximate surface area is 137 Å². The maximum atomic E-state index is 11.7. The number of rotatable bonds is 2. The predicted octanol–water partition coefficient (Wildman–Crippen LogP) is 2.61. The number of hydrogen-bond acceptors (Lipinski definition) is 5. The van der Waals surface area contributed by atoms with Gasteiger partial charge in [-0.1, -0.05) is 5.21 Å². The van der Waals surface area contributed by atoms with Crippen molar-refractivity contribution >= 4 is 27.9 Å². The third-order valence-electron chi connectivity index (χ3n) is 4.16. The van der Waals surface area contributed by atoms with E-state index in [2.05, 4.69) is 20.3 Å². The third kappa shape index (κ3) is 1.98. The van der Waals surface area contributed by atoms with Crippen molar-refractivity contribution in [2.24, 2.45) is 7.05 Å². The van der Waals surface area contributed by atoms with Crippen molar-refractivity contribution in [2.45, 2.75) is 6.92 Å². The Balaban J connectivity index is 2.02. The van der Waals surface area contributed by atoms with E-state index in [-0.39, 0.29) is 5.97 Å². The van der Waals surface area contributed by atoms with Gasteiger partial charge in [-0.2, -0.15) is 0 Å². The van der Waals surface area contributed by atoms with Crippen LogP contribution in [0.3, 0.4) is 0 Å². The zero-order valence-corrected chi connectivity index (χ0v) is 13.5. The summed E-state index contributed by atoms with van der Waals surface area (Å²) >= 11 is 0. The average Bonchev–Trinajstić information content (AvgIpc) is 3.13. The van der Waals surface area contributed by atoms with Gasteiger partial charge < -0.3 is 9.72 Å². The number of methoxy groups -OCH3 is 1. The van der Waals surface area contributed by atoms with Crippen LogP contribution >= 0.6 is 0 Å². The molecule has 3 aromatic heterocycles. The van der Waals surface area contributed by atoms with Crippen molar-refractivity contribution in [3.63, 3.8) is 0 Å². The highest BCUT2D eigenvalue weighted by Gasteiger charge is 2.17. The Morgan fingerprint density at radius 1 is 1.29 bits per heavy atom. The lowest BCUT2D eigenvalue weighted by Crippen LogP contribution is -2.00. The summed E-state index contributed by atoms with van der Waals surface area (Å²) in [6.07, 6.45) is 1.77. The summed E-state index contributed by atoms with van der Waals surface area (Å²) in [4.78, 5) is 19.6. The third-order valence-corrected chi connectivity index (χ3v) is 4.16. The molecule has 0 amide bonds. The number of hydrogen-bond donors (Lipinski definition) is 1. The molecule has 24 heavy (non-hydrogen) atoms. The summed E-state index contributed by atoms with van der Waals surface area (Å²) in [5, 5.41) is 9.14. The van der Waals surface area contributed by atoms with Crippen LogP contribution in [0.5, 0.6) is 0 Å². The summed E-state index contributed by atoms with van der Waals surface area (Å²) in [6, 6.07) is 7.34. The normalized spacial score (nSPS) is 11.3. The van der Waals surface area contributed by atoms with Gasteiger partial charge in [0, 0.05) is 29.7 Å². The fourth-order valence-electron chi connectivity index (χ4n) is 3.05. The van der Waals surface area contributed by atoms with Gasteiger partial charge in [-0.3, -0.25) is 4.98 Å². The summed E-state index contributed by atoms with van der Waals surface area (Å²) in [5.74, 6) is -0.365. The van der Waals surface area contributed by atoms with E-state index in [1.54, 1.807) is 23.0 Å². The maximum absolute atomic E-state index is 11.7. The van der Waals surface area contributed by atoms with Crippen LogP contribution in [0.15, 0.2) is 30.5 Å². The number of aromatic nitrogens is 5. The summed E-state index contributed by atoms with van der Waals surface area (Å²) in [6.45, 7) is 1.92. The van der Waals surface area contributed by atoms with Gasteiger partial charge in [0.15, 0.2) is 0 Å². The number of aryl methyl sites for hydroxylation is 2. The fraction of sp³-hybridized carbons (Fsp3) is 0.176. The molecular weight excluding hydrogens is 306 g/mol. The van der Waals surface area contributed by atoms with Crippen LogP contribution in [0.25, 0.3) is 33.2 Å². The Bertz CT molecular complexity index is 1070. The zero-order chi connectivity index (χ0) is 16.8. The molecule has 1 aromatic carbocycles. The first-order valence-electron chi connectivity index (χ1n) is 7.45. The molecule has 0 aliphatic rings. The van der Waals surface area contributed by atoms with E-state index < -0.39 is 0 Å². The van der Waals surface area contributed by atoms with E-state index in [1.165, 1.54) is 7.11 Å². The summed E-state index contributed by atoms with van der Waals surface area (Å²) < 4.78 is 6.53. The highest BCUT2D eigenvalue weighted by Crippen LogP contribution is 2.32. The number of carbonyl (C=O) groups excluding carboxylic acids is 1. The van der Waals surface area contributed by atoms with Crippen molar-refractivity contribution < 1.29 is 9.53 Å². The number of pyridine rings is 1. The Morgan fingerprint density at radius 2 is 2.12 bits per heavy atom. The van der Waals surface area contributed by atoms with Crippen molar-refractivity contribution in [3.05, 3.63) is 41.7 Å². The zero-order valence-electron chi connectivity index (χ0n) is 13.5. The van der Waals surface area contributed by atoms with Crippen LogP contribution in [0.4, 0.5) is 0 Å². The molecule has 7 nitrogen and oxygen atoms in total. The van der Waals surface area contributed by atoms with E-state index in [1.807, 2.05) is 26.1 Å². The number of benzene rings is 1. The number of fused-ring (bicyclic) bond motifs is 3. The fourth-order valence-corrected chi connectivity index (χ4v) is 3.05. The Morgan fingerprint density at radius 3 is 2.83 bits per heavy atom. The number of nitrogens with one attached hydrogen (secondary N) is 1. The molecule has 0 unspecified atom stereocenters. The van der Waals surface area contributed by atoms with E-state index in [0.29, 0.717) is 5.56 Å². The first-order chi connectivity index (χ1) is 11.6. The molecule has 7 heteroatoms. The maximum Gasteiger partial charge on any atom is 0.337 e. The molecule has 0 radical (unpaired) electrons. The highest BCUT2D eigenvalue weighted by atomic mass is 16.5. The van der Waals surface area contributed by atoms with E-state index >= 15 is 0 Å². The second-order valence-electron chi connectivity index (χ2n) is 5.61. The molecule has 1 N–H and O–H groups in total. The SMILES string of the molecule is COC(=O)c1ccc2c(c1)[nH]c1c(-c3c(C)nnn3C)ccnc12. The quantitative estimate of drug-likeness (QED) is 0.574. The molecular formula is C17H15N5O2. The number of H-pyrrole nitrogens is 1. The molecule has 4 aromatic rings. The molecule has 0 aliphatic carbocycles. The highest BCUT2D eigenvalue weighted by molar-refractivity contribution is 6.10. The van der Waals surface area contributed by atoms with Gasteiger partial charge in [-0.15, -0.1) is 5.10 Å². The minimum absolute atomic E-state index is 0.365. The Hall–Kier alpha value is -3.22. The van der Waals surface area contributed by atoms with Crippen molar-refractivity contribution in [1.29, 1.82) is 0 Å². The van der Waals surface area contributed by atoms with Gasteiger partial charge in [0.2, 0.25) is 0 Å². The monoisotopic (exact) mass is 321 g/mol. The largest absolute Gasteiger partial charge is 0.465 e. The van der Waals surface area contributed by atoms with Crippen LogP contribution in [0.2, 0.25) is 0 Å². The number of ether oxygens (including phenoxy) is 1. The lowest BCUT2D eigenvalue weighted by atomic mass is 10.1. The van der Waals surface area contributed by atoms with Gasteiger partial charge in [-0.05, 0) is 31.2 Å². The van der Waals surface area contributed by atoms with Crippen LogP contribution in [0.1, 0.15) is 16.1 Å². The van der Waals surface area contributed by atoms with Crippen LogP contribution in [-0.4, -0.2) is 38.0 Å². The molecule has 0 bridgehead atoms. The van der Waals surface area contributed by atoms with Crippen LogP contribution in [0, 0.1) is 6.92 Å². The minimum Gasteiger partial charge on any atom is -0.465 e. The molecule has 0 aliphatic heterocycles. The van der Waals surface area contributed by atoms with Gasteiger partial charge >= 0.3 is 5.97 Å². The molecule has 4 rings (SSSR count). The van der Waals surface area contributed by atoms with Crippen molar-refractivity contribution in [1.82, 2.24) is 25.0 Å². The number of aromatic amines is 1. The molecule has 120 valence electrons.